The lowest BCUT2D eigenvalue weighted by atomic mass is 10.1. The molecule has 1 amide bonds. The fourth-order valence-electron chi connectivity index (χ4n) is 2.04. The zero-order valence-electron chi connectivity index (χ0n) is 11.8. The molecule has 1 aliphatic heterocycles. The van der Waals surface area contributed by atoms with E-state index in [-0.39, 0.29) is 5.91 Å². The van der Waals surface area contributed by atoms with Crippen LogP contribution in [0.1, 0.15) is 35.3 Å². The summed E-state index contributed by atoms with van der Waals surface area (Å²) in [6.45, 7) is 5.14. The Morgan fingerprint density at radius 2 is 1.85 bits per heavy atom. The van der Waals surface area contributed by atoms with Crippen molar-refractivity contribution in [2.24, 2.45) is 0 Å². The predicted octanol–water partition coefficient (Wildman–Crippen LogP) is 3.54. The monoisotopic (exact) mass is 269 g/mol. The van der Waals surface area contributed by atoms with Gasteiger partial charge < -0.3 is 10.1 Å². The highest BCUT2D eigenvalue weighted by Crippen LogP contribution is 2.22. The number of hydrogen-bond donors (Lipinski definition) is 1. The number of carbonyl (C=O) groups is 1. The van der Waals surface area contributed by atoms with Crippen LogP contribution in [-0.2, 0) is 13.2 Å². The molecule has 0 aromatic heterocycles. The third-order valence-electron chi connectivity index (χ3n) is 3.01. The Morgan fingerprint density at radius 3 is 2.60 bits per heavy atom. The summed E-state index contributed by atoms with van der Waals surface area (Å²) in [7, 11) is 0. The first-order chi connectivity index (χ1) is 9.83. The van der Waals surface area contributed by atoms with Crippen LogP contribution in [0.3, 0.4) is 0 Å². The molecule has 104 valence electrons. The van der Waals surface area contributed by atoms with Crippen molar-refractivity contribution in [3.63, 3.8) is 0 Å². The van der Waals surface area contributed by atoms with E-state index in [0.717, 1.165) is 22.4 Å². The molecule has 1 N–H and O–H groups in total. The highest BCUT2D eigenvalue weighted by atomic mass is 16.5. The molecule has 3 heteroatoms. The average Bonchev–Trinajstić information content (AvgIpc) is 2.89. The highest BCUT2D eigenvalue weighted by Gasteiger charge is 2.18. The lowest BCUT2D eigenvalue weighted by molar-refractivity contribution is 0.0966. The summed E-state index contributed by atoms with van der Waals surface area (Å²) in [6.07, 6.45) is 0. The molecule has 0 fully saturated rings. The zero-order chi connectivity index (χ0) is 14.4. The quantitative estimate of drug-likeness (QED) is 0.925. The second kappa shape index (κ2) is 6.75. The third-order valence-corrected chi connectivity index (χ3v) is 3.01. The van der Waals surface area contributed by atoms with E-state index < -0.39 is 0 Å². The number of ether oxygens (including phenoxy) is 1. The van der Waals surface area contributed by atoms with Gasteiger partial charge in [0, 0.05) is 12.1 Å². The molecule has 3 rings (SSSR count). The fourth-order valence-corrected chi connectivity index (χ4v) is 2.04. The Hall–Kier alpha value is -2.29. The first-order valence-electron chi connectivity index (χ1n) is 6.91. The van der Waals surface area contributed by atoms with Gasteiger partial charge in [0.1, 0.15) is 12.4 Å². The van der Waals surface area contributed by atoms with E-state index in [1.807, 2.05) is 62.4 Å². The molecule has 0 saturated carbocycles. The van der Waals surface area contributed by atoms with Gasteiger partial charge in [-0.3, -0.25) is 4.79 Å². The smallest absolute Gasteiger partial charge is 0.251 e. The van der Waals surface area contributed by atoms with Gasteiger partial charge in [-0.1, -0.05) is 44.2 Å². The van der Waals surface area contributed by atoms with Gasteiger partial charge in [0.15, 0.2) is 0 Å². The van der Waals surface area contributed by atoms with Gasteiger partial charge in [-0.25, -0.2) is 0 Å². The van der Waals surface area contributed by atoms with Crippen molar-refractivity contribution >= 4 is 5.91 Å². The van der Waals surface area contributed by atoms with Crippen LogP contribution in [0.15, 0.2) is 48.5 Å². The largest absolute Gasteiger partial charge is 0.489 e. The number of fused-ring (bicyclic) bond motifs is 1. The number of hydrogen-bond acceptors (Lipinski definition) is 2. The van der Waals surface area contributed by atoms with Crippen molar-refractivity contribution in [1.82, 2.24) is 5.32 Å². The zero-order valence-corrected chi connectivity index (χ0v) is 11.8. The van der Waals surface area contributed by atoms with Crippen LogP contribution in [-0.4, -0.2) is 5.91 Å². The predicted molar refractivity (Wildman–Crippen MR) is 79.7 cm³/mol. The summed E-state index contributed by atoms with van der Waals surface area (Å²) in [5, 5.41) is 2.79. The van der Waals surface area contributed by atoms with E-state index in [4.69, 9.17) is 4.74 Å². The number of amides is 1. The molecule has 0 bridgehead atoms. The summed E-state index contributed by atoms with van der Waals surface area (Å²) < 4.78 is 5.71. The number of benzene rings is 2. The molecule has 0 radical (unpaired) electrons. The third kappa shape index (κ3) is 3.18. The van der Waals surface area contributed by atoms with E-state index in [0.29, 0.717) is 13.2 Å². The van der Waals surface area contributed by atoms with Gasteiger partial charge in [0.05, 0.1) is 0 Å². The van der Waals surface area contributed by atoms with Gasteiger partial charge >= 0.3 is 0 Å². The van der Waals surface area contributed by atoms with Crippen LogP contribution in [0.4, 0.5) is 0 Å². The lowest BCUT2D eigenvalue weighted by Crippen LogP contribution is -2.12. The topological polar surface area (TPSA) is 38.3 Å². The fraction of sp³-hybridized carbons (Fsp3) is 0.235. The number of rotatable bonds is 3. The maximum atomic E-state index is 11.4. The summed E-state index contributed by atoms with van der Waals surface area (Å²) in [4.78, 5) is 11.4. The van der Waals surface area contributed by atoms with E-state index in [1.54, 1.807) is 0 Å². The van der Waals surface area contributed by atoms with Crippen LogP contribution in [0, 0.1) is 0 Å². The molecular weight excluding hydrogens is 250 g/mol. The molecule has 0 unspecified atom stereocenters. The normalized spacial score (nSPS) is 12.0. The maximum Gasteiger partial charge on any atom is 0.251 e. The van der Waals surface area contributed by atoms with Crippen LogP contribution in [0.5, 0.6) is 5.75 Å². The second-order valence-electron chi connectivity index (χ2n) is 4.28. The Bertz CT molecular complexity index is 579. The molecule has 0 saturated heterocycles. The Morgan fingerprint density at radius 1 is 1.10 bits per heavy atom. The summed E-state index contributed by atoms with van der Waals surface area (Å²) in [5.74, 6) is 0.800. The average molecular weight is 269 g/mol. The van der Waals surface area contributed by atoms with Gasteiger partial charge in [-0.2, -0.15) is 0 Å². The van der Waals surface area contributed by atoms with Crippen LogP contribution in [0.25, 0.3) is 0 Å². The van der Waals surface area contributed by atoms with E-state index in [2.05, 4.69) is 5.32 Å². The Balaban J connectivity index is 0.000000704. The lowest BCUT2D eigenvalue weighted by Gasteiger charge is -2.07. The highest BCUT2D eigenvalue weighted by molar-refractivity contribution is 5.98. The molecule has 0 aliphatic carbocycles. The molecular formula is C17H19NO2. The van der Waals surface area contributed by atoms with Crippen molar-refractivity contribution in [1.29, 1.82) is 0 Å². The van der Waals surface area contributed by atoms with Gasteiger partial charge in [0.25, 0.3) is 5.91 Å². The van der Waals surface area contributed by atoms with Crippen molar-refractivity contribution in [3.05, 3.63) is 65.2 Å². The van der Waals surface area contributed by atoms with E-state index >= 15 is 0 Å². The molecule has 1 heterocycles. The Kier molecular flexibility index (Phi) is 4.77. The SMILES string of the molecule is CC.O=C1NCc2cc(OCc3ccccc3)ccc21. The van der Waals surface area contributed by atoms with Gasteiger partial charge in [-0.05, 0) is 29.3 Å². The molecule has 1 aliphatic rings. The van der Waals surface area contributed by atoms with Crippen molar-refractivity contribution in [2.75, 3.05) is 0 Å². The van der Waals surface area contributed by atoms with Crippen molar-refractivity contribution in [3.8, 4) is 5.75 Å². The molecule has 2 aromatic carbocycles. The van der Waals surface area contributed by atoms with Crippen LogP contribution < -0.4 is 10.1 Å². The molecule has 0 atom stereocenters. The van der Waals surface area contributed by atoms with E-state index in [1.165, 1.54) is 0 Å². The number of nitrogens with one attached hydrogen (secondary N) is 1. The number of carbonyl (C=O) groups excluding carboxylic acids is 1. The molecule has 0 spiro atoms. The minimum absolute atomic E-state index is 0.000362. The summed E-state index contributed by atoms with van der Waals surface area (Å²) in [6, 6.07) is 15.6. The van der Waals surface area contributed by atoms with Crippen molar-refractivity contribution < 1.29 is 9.53 Å². The first kappa shape index (κ1) is 14.1. The Labute approximate surface area is 119 Å². The minimum Gasteiger partial charge on any atom is -0.489 e. The van der Waals surface area contributed by atoms with Crippen LogP contribution in [0.2, 0.25) is 0 Å². The summed E-state index contributed by atoms with van der Waals surface area (Å²) >= 11 is 0. The van der Waals surface area contributed by atoms with Gasteiger partial charge in [-0.15, -0.1) is 0 Å². The molecule has 2 aromatic rings. The van der Waals surface area contributed by atoms with E-state index in [9.17, 15) is 4.79 Å². The van der Waals surface area contributed by atoms with Crippen LogP contribution >= 0.6 is 0 Å². The first-order valence-corrected chi connectivity index (χ1v) is 6.91. The molecule has 20 heavy (non-hydrogen) atoms. The minimum atomic E-state index is -0.000362. The standard InChI is InChI=1S/C15H13NO2.C2H6/c17-15-14-7-6-13(8-12(14)9-16-15)18-10-11-4-2-1-3-5-11;1-2/h1-8H,9-10H2,(H,16,17);1-2H3. The summed E-state index contributed by atoms with van der Waals surface area (Å²) in [5.41, 5.74) is 2.89. The van der Waals surface area contributed by atoms with Crippen molar-refractivity contribution in [2.45, 2.75) is 27.0 Å². The van der Waals surface area contributed by atoms with Gasteiger partial charge in [0.2, 0.25) is 0 Å². The molecule has 3 nitrogen and oxygen atoms in total. The maximum absolute atomic E-state index is 11.4. The second-order valence-corrected chi connectivity index (χ2v) is 4.28.